The predicted octanol–water partition coefficient (Wildman–Crippen LogP) is 19.9. The third-order valence-electron chi connectivity index (χ3n) is 15.8. The van der Waals surface area contributed by atoms with Gasteiger partial charge in [-0.05, 0) is 96.9 Å². The van der Waals surface area contributed by atoms with E-state index in [1.54, 1.807) is 0 Å². The van der Waals surface area contributed by atoms with Gasteiger partial charge in [-0.2, -0.15) is 0 Å². The largest absolute Gasteiger partial charge is 0.435 e. The molecule has 0 bridgehead atoms. The molecule has 0 amide bonds. The lowest BCUT2D eigenvalue weighted by Gasteiger charge is -2.16. The molecule has 0 unspecified atom stereocenters. The van der Waals surface area contributed by atoms with Gasteiger partial charge in [0.2, 0.25) is 11.8 Å². The highest BCUT2D eigenvalue weighted by Crippen LogP contribution is 2.43. The molecule has 0 N–H and O–H groups in total. The van der Waals surface area contributed by atoms with Crippen LogP contribution in [0.25, 0.3) is 166 Å². The molecule has 0 spiro atoms. The highest BCUT2D eigenvalue weighted by molar-refractivity contribution is 6.24. The normalized spacial score (nSPS) is 11.8. The Kier molecular flexibility index (Phi) is 10.5. The van der Waals surface area contributed by atoms with E-state index in [0.29, 0.717) is 17.6 Å². The Morgan fingerprint density at radius 2 is 0.562 bits per heavy atom. The van der Waals surface area contributed by atoms with Crippen molar-refractivity contribution in [1.82, 2.24) is 19.9 Å². The van der Waals surface area contributed by atoms with E-state index in [-0.39, 0.29) is 0 Å². The van der Waals surface area contributed by atoms with E-state index in [2.05, 4.69) is 267 Å². The number of rotatable bonds is 8. The molecule has 0 aliphatic carbocycles. The molecule has 80 heavy (non-hydrogen) atoms. The number of fused-ring (bicyclic) bond motifs is 13. The van der Waals surface area contributed by atoms with Gasteiger partial charge in [0.1, 0.15) is 11.0 Å². The number of hydrogen-bond donors (Lipinski definition) is 0. The monoisotopic (exact) mass is 1020 g/mol. The topological polar surface area (TPSA) is 77.8 Å². The fourth-order valence-electron chi connectivity index (χ4n) is 11.8. The Bertz CT molecular complexity index is 4920. The number of nitrogens with zero attached hydrogens (tertiary/aromatic N) is 4. The van der Waals surface area contributed by atoms with Gasteiger partial charge >= 0.3 is 0 Å². The minimum Gasteiger partial charge on any atom is -0.435 e. The fourth-order valence-corrected chi connectivity index (χ4v) is 11.8. The first-order valence-corrected chi connectivity index (χ1v) is 26.9. The molecule has 372 valence electrons. The third-order valence-corrected chi connectivity index (χ3v) is 15.8. The van der Waals surface area contributed by atoms with E-state index in [0.717, 1.165) is 143 Å². The van der Waals surface area contributed by atoms with Crippen molar-refractivity contribution >= 4 is 76.2 Å². The zero-order valence-corrected chi connectivity index (χ0v) is 43.0. The minimum absolute atomic E-state index is 0.555. The molecule has 0 saturated carbocycles. The van der Waals surface area contributed by atoms with Gasteiger partial charge in [-0.1, -0.05) is 231 Å². The summed E-state index contributed by atoms with van der Waals surface area (Å²) in [6.45, 7) is 0. The molecule has 0 aliphatic heterocycles. The highest BCUT2D eigenvalue weighted by Gasteiger charge is 2.22. The lowest BCUT2D eigenvalue weighted by Crippen LogP contribution is -1.98. The van der Waals surface area contributed by atoms with Crippen molar-refractivity contribution < 1.29 is 8.83 Å². The van der Waals surface area contributed by atoms with Crippen LogP contribution >= 0.6 is 0 Å². The first-order chi connectivity index (χ1) is 39.6. The number of oxazole rings is 2. The molecule has 6 nitrogen and oxygen atoms in total. The van der Waals surface area contributed by atoms with Crippen molar-refractivity contribution in [3.8, 4) is 90.1 Å². The molecular weight excluding hydrogens is 977 g/mol. The van der Waals surface area contributed by atoms with Gasteiger partial charge in [-0.3, -0.25) is 0 Å². The van der Waals surface area contributed by atoms with E-state index < -0.39 is 0 Å². The Balaban J connectivity index is 0.871. The van der Waals surface area contributed by atoms with Gasteiger partial charge in [0.15, 0.2) is 17.0 Å². The zero-order chi connectivity index (χ0) is 52.7. The van der Waals surface area contributed by atoms with E-state index >= 15 is 0 Å². The van der Waals surface area contributed by atoms with E-state index in [1.165, 1.54) is 5.56 Å². The second-order valence-electron chi connectivity index (χ2n) is 20.4. The molecule has 6 heteroatoms. The molecule has 3 aromatic heterocycles. The molecule has 13 aromatic carbocycles. The summed E-state index contributed by atoms with van der Waals surface area (Å²) in [4.78, 5) is 21.4. The second kappa shape index (κ2) is 18.4. The van der Waals surface area contributed by atoms with E-state index in [9.17, 15) is 0 Å². The molecule has 16 rings (SSSR count). The van der Waals surface area contributed by atoms with Gasteiger partial charge in [-0.25, -0.2) is 19.9 Å². The Morgan fingerprint density at radius 1 is 0.212 bits per heavy atom. The van der Waals surface area contributed by atoms with Gasteiger partial charge in [0, 0.05) is 54.7 Å². The van der Waals surface area contributed by atoms with Crippen LogP contribution in [0.5, 0.6) is 0 Å². The van der Waals surface area contributed by atoms with Crippen molar-refractivity contribution in [2.45, 2.75) is 0 Å². The lowest BCUT2D eigenvalue weighted by molar-refractivity contribution is 0.622. The summed E-state index contributed by atoms with van der Waals surface area (Å²) in [5, 5.41) is 9.71. The van der Waals surface area contributed by atoms with Crippen LogP contribution in [0.3, 0.4) is 0 Å². The van der Waals surface area contributed by atoms with Crippen LogP contribution in [0.15, 0.2) is 276 Å². The summed E-state index contributed by atoms with van der Waals surface area (Å²) in [5.41, 5.74) is 17.2. The molecule has 0 fully saturated rings. The summed E-state index contributed by atoms with van der Waals surface area (Å²) in [5.74, 6) is 1.71. The quantitative estimate of drug-likeness (QED) is 0.141. The van der Waals surface area contributed by atoms with Crippen LogP contribution in [-0.2, 0) is 0 Å². The molecule has 3 heterocycles. The predicted molar refractivity (Wildman–Crippen MR) is 328 cm³/mol. The van der Waals surface area contributed by atoms with Gasteiger partial charge in [0.05, 0.1) is 11.2 Å². The van der Waals surface area contributed by atoms with Crippen molar-refractivity contribution in [1.29, 1.82) is 0 Å². The Labute approximate surface area is 459 Å². The third kappa shape index (κ3) is 7.57. The van der Waals surface area contributed by atoms with Crippen LogP contribution in [0, 0.1) is 0 Å². The number of aromatic nitrogens is 4. The molecule has 0 saturated heterocycles. The molecule has 0 radical (unpaired) electrons. The lowest BCUT2D eigenvalue weighted by atomic mass is 9.92. The highest BCUT2D eigenvalue weighted by atomic mass is 16.4. The van der Waals surface area contributed by atoms with Crippen molar-refractivity contribution in [2.24, 2.45) is 0 Å². The first-order valence-electron chi connectivity index (χ1n) is 26.9. The summed E-state index contributed by atoms with van der Waals surface area (Å²) in [6, 6.07) is 93.5. The summed E-state index contributed by atoms with van der Waals surface area (Å²) in [6.07, 6.45) is 0. The van der Waals surface area contributed by atoms with Crippen LogP contribution in [0.1, 0.15) is 0 Å². The molecule has 0 aliphatic rings. The maximum atomic E-state index is 6.72. The van der Waals surface area contributed by atoms with Crippen LogP contribution < -0.4 is 0 Å². The molecule has 0 atom stereocenters. The summed E-state index contributed by atoms with van der Waals surface area (Å²) >= 11 is 0. The van der Waals surface area contributed by atoms with Crippen molar-refractivity contribution in [2.75, 3.05) is 0 Å². The van der Waals surface area contributed by atoms with Gasteiger partial charge in [-0.15, -0.1) is 0 Å². The minimum atomic E-state index is 0.555. The Morgan fingerprint density at radius 3 is 1.04 bits per heavy atom. The average molecular weight is 1020 g/mol. The Hall–Kier alpha value is -10.8. The number of benzene rings is 13. The second-order valence-corrected chi connectivity index (χ2v) is 20.4. The van der Waals surface area contributed by atoms with E-state index in [4.69, 9.17) is 28.8 Å². The molecule has 16 aromatic rings. The standard InChI is InChI=1S/C74H44N4O2/c1-3-15-45(16-4-1)47-27-29-49(30-28-47)55-43-64(50-33-31-48(32-34-50)46-17-5-2-6-18-46)67-65(44-55)66(51-35-39-53(40-36-51)73-77-68-60-23-11-7-19-56(60)58-21-9-13-25-62(58)70(68)79-73)75-72(76-67)52-37-41-54(42-38-52)74-78-69-61-24-12-8-20-57(61)59-22-10-14-26-63(59)71(69)80-74/h1-44H. The zero-order valence-electron chi connectivity index (χ0n) is 43.0. The van der Waals surface area contributed by atoms with Crippen LogP contribution in [-0.4, -0.2) is 19.9 Å². The molecular formula is C74H44N4O2. The van der Waals surface area contributed by atoms with E-state index in [1.807, 2.05) is 0 Å². The van der Waals surface area contributed by atoms with Gasteiger partial charge < -0.3 is 8.83 Å². The number of hydrogen-bond acceptors (Lipinski definition) is 6. The first kappa shape index (κ1) is 45.4. The maximum absolute atomic E-state index is 6.72. The summed E-state index contributed by atoms with van der Waals surface area (Å²) in [7, 11) is 0. The van der Waals surface area contributed by atoms with Crippen molar-refractivity contribution in [3.63, 3.8) is 0 Å². The van der Waals surface area contributed by atoms with Crippen molar-refractivity contribution in [3.05, 3.63) is 267 Å². The van der Waals surface area contributed by atoms with Crippen LogP contribution in [0.4, 0.5) is 0 Å². The van der Waals surface area contributed by atoms with Crippen LogP contribution in [0.2, 0.25) is 0 Å². The smallest absolute Gasteiger partial charge is 0.227 e. The fraction of sp³-hybridized carbons (Fsp3) is 0. The SMILES string of the molecule is c1ccc(-c2ccc(-c3cc(-c4ccc(-c5ccccc5)cc4)c4nc(-c5ccc(-c6nc7c8ccccc8c8ccccc8c7o6)cc5)nc(-c5ccc(-c6nc7c8ccccc8c8ccccc8c7o6)cc5)c4c3)cc2)cc1. The summed E-state index contributed by atoms with van der Waals surface area (Å²) < 4.78 is 13.4. The van der Waals surface area contributed by atoms with Gasteiger partial charge in [0.25, 0.3) is 0 Å². The average Bonchev–Trinajstić information content (AvgIpc) is 4.22. The maximum Gasteiger partial charge on any atom is 0.227 e.